The quantitative estimate of drug-likeness (QED) is 0.489. The smallest absolute Gasteiger partial charge is 0.0943 e. The predicted molar refractivity (Wildman–Crippen MR) is 52.1 cm³/mol. The maximum absolute atomic E-state index is 5.54. The summed E-state index contributed by atoms with van der Waals surface area (Å²) in [7, 11) is 1.57. The zero-order chi connectivity index (χ0) is 8.32. The fraction of sp³-hybridized carbons (Fsp3) is 0.143. The molecule has 0 amide bonds. The lowest BCUT2D eigenvalue weighted by molar-refractivity contribution is 1.68. The van der Waals surface area contributed by atoms with Crippen LogP contribution in [0, 0.1) is 0 Å². The van der Waals surface area contributed by atoms with Crippen molar-refractivity contribution in [2.24, 2.45) is 0 Å². The second kappa shape index (κ2) is 3.71. The summed E-state index contributed by atoms with van der Waals surface area (Å²) in [5, 5.41) is 0. The number of benzene rings is 1. The van der Waals surface area contributed by atoms with Gasteiger partial charge < -0.3 is 0 Å². The van der Waals surface area contributed by atoms with E-state index in [9.17, 15) is 0 Å². The van der Waals surface area contributed by atoms with Crippen LogP contribution in [0.5, 0.6) is 0 Å². The molecule has 0 aliphatic rings. The molecule has 1 aromatic carbocycles. The third kappa shape index (κ3) is 3.90. The maximum atomic E-state index is 5.54. The number of hydrogen-bond donors (Lipinski definition) is 0. The Morgan fingerprint density at radius 2 is 1.55 bits per heavy atom. The molecule has 1 radical (unpaired) electrons. The van der Waals surface area contributed by atoms with Crippen LogP contribution in [-0.2, 0) is 0 Å². The summed E-state index contributed by atoms with van der Waals surface area (Å²) in [5.74, 6) is 0. The van der Waals surface area contributed by atoms with Gasteiger partial charge in [0.1, 0.15) is 0 Å². The van der Waals surface area contributed by atoms with Gasteiger partial charge in [-0.2, -0.15) is 0 Å². The van der Waals surface area contributed by atoms with Crippen LogP contribution in [0.15, 0.2) is 30.3 Å². The van der Waals surface area contributed by atoms with E-state index >= 15 is 0 Å². The zero-order valence-electron chi connectivity index (χ0n) is 5.60. The molecule has 1 rings (SSSR count). The van der Waals surface area contributed by atoms with Gasteiger partial charge in [-0.25, -0.2) is 0 Å². The molecule has 1 aromatic rings. The third-order valence-corrected chi connectivity index (χ3v) is 1.46. The predicted octanol–water partition coefficient (Wildman–Crippen LogP) is 2.34. The SMILES string of the molecule is ClC(Cl)(Cl)[B]c1ccccc1. The van der Waals surface area contributed by atoms with E-state index in [4.69, 9.17) is 34.8 Å². The number of hydrogen-bond acceptors (Lipinski definition) is 0. The van der Waals surface area contributed by atoms with Crippen LogP contribution in [0.2, 0.25) is 0 Å². The summed E-state index contributed by atoms with van der Waals surface area (Å²) in [5.41, 5.74) is 0.910. The van der Waals surface area contributed by atoms with Gasteiger partial charge in [-0.1, -0.05) is 70.6 Å². The highest BCUT2D eigenvalue weighted by Crippen LogP contribution is 2.23. The Bertz CT molecular complexity index is 217. The lowest BCUT2D eigenvalue weighted by Crippen LogP contribution is -2.26. The molecule has 0 aliphatic heterocycles. The van der Waals surface area contributed by atoms with E-state index in [-0.39, 0.29) is 0 Å². The molecule has 0 saturated carbocycles. The van der Waals surface area contributed by atoms with Crippen molar-refractivity contribution in [2.75, 3.05) is 0 Å². The Morgan fingerprint density at radius 1 is 1.00 bits per heavy atom. The van der Waals surface area contributed by atoms with Gasteiger partial charge in [0.2, 0.25) is 7.28 Å². The van der Waals surface area contributed by atoms with Crippen LogP contribution in [0.25, 0.3) is 0 Å². The van der Waals surface area contributed by atoms with Crippen molar-refractivity contribution in [3.63, 3.8) is 0 Å². The maximum Gasteiger partial charge on any atom is 0.220 e. The van der Waals surface area contributed by atoms with Crippen LogP contribution in [0.3, 0.4) is 0 Å². The molecule has 0 spiro atoms. The molecule has 0 bridgehead atoms. The lowest BCUT2D eigenvalue weighted by Gasteiger charge is -2.07. The van der Waals surface area contributed by atoms with E-state index in [0.717, 1.165) is 5.46 Å². The van der Waals surface area contributed by atoms with Crippen molar-refractivity contribution in [1.29, 1.82) is 0 Å². The van der Waals surface area contributed by atoms with Crippen molar-refractivity contribution >= 4 is 47.5 Å². The van der Waals surface area contributed by atoms with Crippen LogP contribution >= 0.6 is 34.8 Å². The minimum absolute atomic E-state index is 0.910. The largest absolute Gasteiger partial charge is 0.220 e. The summed E-state index contributed by atoms with van der Waals surface area (Å²) >= 11 is 16.6. The number of rotatable bonds is 1. The van der Waals surface area contributed by atoms with E-state index in [1.54, 1.807) is 7.28 Å². The van der Waals surface area contributed by atoms with Gasteiger partial charge in [0.15, 0.2) is 3.69 Å². The highest BCUT2D eigenvalue weighted by molar-refractivity contribution is 6.91. The molecule has 57 valence electrons. The Hall–Kier alpha value is 0.155. The number of alkyl halides is 3. The van der Waals surface area contributed by atoms with E-state index in [1.807, 2.05) is 30.3 Å². The van der Waals surface area contributed by atoms with Crippen molar-refractivity contribution in [3.8, 4) is 0 Å². The summed E-state index contributed by atoms with van der Waals surface area (Å²) in [6.07, 6.45) is 0. The highest BCUT2D eigenvalue weighted by Gasteiger charge is 2.21. The molecule has 11 heavy (non-hydrogen) atoms. The van der Waals surface area contributed by atoms with Gasteiger partial charge in [0, 0.05) is 0 Å². The molecule has 0 atom stereocenters. The molecule has 0 saturated heterocycles. The topological polar surface area (TPSA) is 0 Å². The molecule has 0 aliphatic carbocycles. The molecule has 4 heteroatoms. The van der Waals surface area contributed by atoms with Gasteiger partial charge >= 0.3 is 0 Å². The molecular formula is C7H5BCl3. The molecular weight excluding hydrogens is 201 g/mol. The average molecular weight is 206 g/mol. The Labute approximate surface area is 81.7 Å². The van der Waals surface area contributed by atoms with E-state index in [1.165, 1.54) is 0 Å². The summed E-state index contributed by atoms with van der Waals surface area (Å²) in [4.78, 5) is 0. The van der Waals surface area contributed by atoms with Gasteiger partial charge in [-0.05, 0) is 0 Å². The minimum Gasteiger partial charge on any atom is -0.0943 e. The van der Waals surface area contributed by atoms with Crippen molar-refractivity contribution in [1.82, 2.24) is 0 Å². The Balaban J connectivity index is 2.66. The molecule has 0 heterocycles. The molecule has 0 N–H and O–H groups in total. The Morgan fingerprint density at radius 3 is 2.00 bits per heavy atom. The first-order valence-corrected chi connectivity index (χ1v) is 4.19. The summed E-state index contributed by atoms with van der Waals surface area (Å²) in [6.45, 7) is 0. The van der Waals surface area contributed by atoms with Crippen LogP contribution in [0.4, 0.5) is 0 Å². The van der Waals surface area contributed by atoms with Gasteiger partial charge in [-0.15, -0.1) is 0 Å². The first-order valence-electron chi connectivity index (χ1n) is 3.05. The van der Waals surface area contributed by atoms with Crippen LogP contribution in [-0.4, -0.2) is 11.0 Å². The van der Waals surface area contributed by atoms with Crippen molar-refractivity contribution in [2.45, 2.75) is 3.69 Å². The molecule has 0 aromatic heterocycles. The van der Waals surface area contributed by atoms with Crippen molar-refractivity contribution < 1.29 is 0 Å². The molecule has 0 nitrogen and oxygen atoms in total. The second-order valence-corrected chi connectivity index (χ2v) is 4.47. The van der Waals surface area contributed by atoms with E-state index < -0.39 is 3.69 Å². The first-order chi connectivity index (χ1) is 5.08. The fourth-order valence-electron chi connectivity index (χ4n) is 0.738. The van der Waals surface area contributed by atoms with Gasteiger partial charge in [0.05, 0.1) is 0 Å². The minimum atomic E-state index is -1.30. The monoisotopic (exact) mass is 205 g/mol. The molecule has 0 unspecified atom stereocenters. The average Bonchev–Trinajstić information content (AvgIpc) is 1.85. The lowest BCUT2D eigenvalue weighted by atomic mass is 9.72. The standard InChI is InChI=1S/C7H5BCl3/c9-7(10,11)8-6-4-2-1-3-5-6/h1-5H. The Kier molecular flexibility index (Phi) is 3.11. The third-order valence-electron chi connectivity index (χ3n) is 1.13. The zero-order valence-corrected chi connectivity index (χ0v) is 7.87. The fourth-order valence-corrected chi connectivity index (χ4v) is 1.12. The van der Waals surface area contributed by atoms with Crippen molar-refractivity contribution in [3.05, 3.63) is 30.3 Å². The van der Waals surface area contributed by atoms with E-state index in [2.05, 4.69) is 0 Å². The summed E-state index contributed by atoms with van der Waals surface area (Å²) < 4.78 is -1.30. The summed E-state index contributed by atoms with van der Waals surface area (Å²) in [6, 6.07) is 9.45. The normalized spacial score (nSPS) is 11.2. The molecule has 0 fully saturated rings. The number of halogens is 3. The van der Waals surface area contributed by atoms with Gasteiger partial charge in [0.25, 0.3) is 0 Å². The van der Waals surface area contributed by atoms with Crippen LogP contribution < -0.4 is 5.46 Å². The van der Waals surface area contributed by atoms with Crippen LogP contribution in [0.1, 0.15) is 0 Å². The second-order valence-electron chi connectivity index (χ2n) is 2.10. The van der Waals surface area contributed by atoms with Gasteiger partial charge in [-0.3, -0.25) is 0 Å². The first kappa shape index (κ1) is 9.24. The van der Waals surface area contributed by atoms with E-state index in [0.29, 0.717) is 0 Å². The highest BCUT2D eigenvalue weighted by atomic mass is 35.6.